The predicted octanol–water partition coefficient (Wildman–Crippen LogP) is 3.98. The van der Waals surface area contributed by atoms with E-state index >= 15 is 0 Å². The average Bonchev–Trinajstić information content (AvgIpc) is 3.04. The van der Waals surface area contributed by atoms with Gasteiger partial charge in [-0.2, -0.15) is 11.8 Å². The van der Waals surface area contributed by atoms with Gasteiger partial charge in [0.15, 0.2) is 0 Å². The Kier molecular flexibility index (Phi) is 3.80. The number of nitrogens with one attached hydrogen (secondary N) is 1. The van der Waals surface area contributed by atoms with E-state index in [9.17, 15) is 4.39 Å². The van der Waals surface area contributed by atoms with Crippen LogP contribution in [0, 0.1) is 11.7 Å². The maximum absolute atomic E-state index is 13.2. The zero-order chi connectivity index (χ0) is 13.2. The lowest BCUT2D eigenvalue weighted by Gasteiger charge is -2.21. The molecule has 0 aliphatic carbocycles. The van der Waals surface area contributed by atoms with E-state index in [4.69, 9.17) is 4.42 Å². The summed E-state index contributed by atoms with van der Waals surface area (Å²) in [5, 5.41) is 4.37. The van der Waals surface area contributed by atoms with E-state index in [0.717, 1.165) is 23.3 Å². The van der Waals surface area contributed by atoms with Gasteiger partial charge in [0.2, 0.25) is 0 Å². The van der Waals surface area contributed by atoms with Gasteiger partial charge in [-0.25, -0.2) is 4.39 Å². The van der Waals surface area contributed by atoms with E-state index in [0.29, 0.717) is 5.92 Å². The highest BCUT2D eigenvalue weighted by Crippen LogP contribution is 2.36. The van der Waals surface area contributed by atoms with Crippen LogP contribution in [-0.4, -0.2) is 18.1 Å². The highest BCUT2D eigenvalue weighted by atomic mass is 32.2. The van der Waals surface area contributed by atoms with Gasteiger partial charge in [-0.15, -0.1) is 0 Å². The van der Waals surface area contributed by atoms with Crippen molar-refractivity contribution < 1.29 is 8.81 Å². The Bertz CT molecular complexity index is 562. The first-order chi connectivity index (χ1) is 9.28. The molecule has 3 rings (SSSR count). The van der Waals surface area contributed by atoms with E-state index in [2.05, 4.69) is 12.2 Å². The third-order valence-electron chi connectivity index (χ3n) is 3.66. The van der Waals surface area contributed by atoms with Crippen molar-refractivity contribution in [2.24, 2.45) is 5.92 Å². The van der Waals surface area contributed by atoms with Gasteiger partial charge in [-0.3, -0.25) is 0 Å². The van der Waals surface area contributed by atoms with Crippen molar-refractivity contribution in [1.82, 2.24) is 5.32 Å². The summed E-state index contributed by atoms with van der Waals surface area (Å²) in [6.45, 7) is 3.02. The number of halogens is 1. The fourth-order valence-electron chi connectivity index (χ4n) is 2.72. The molecule has 102 valence electrons. The molecule has 2 heterocycles. The van der Waals surface area contributed by atoms with Crippen molar-refractivity contribution in [3.63, 3.8) is 0 Å². The second-order valence-corrected chi connectivity index (χ2v) is 6.14. The summed E-state index contributed by atoms with van der Waals surface area (Å²) in [5.74, 6) is 3.73. The second-order valence-electron chi connectivity index (χ2n) is 4.99. The van der Waals surface area contributed by atoms with Gasteiger partial charge in [0.1, 0.15) is 17.2 Å². The lowest BCUT2D eigenvalue weighted by atomic mass is 9.97. The Morgan fingerprint density at radius 2 is 2.37 bits per heavy atom. The van der Waals surface area contributed by atoms with Crippen LogP contribution < -0.4 is 5.32 Å². The Balaban J connectivity index is 1.94. The van der Waals surface area contributed by atoms with Crippen molar-refractivity contribution in [2.45, 2.75) is 19.4 Å². The van der Waals surface area contributed by atoms with Gasteiger partial charge < -0.3 is 9.73 Å². The normalized spacial score (nSPS) is 21.1. The van der Waals surface area contributed by atoms with Crippen LogP contribution >= 0.6 is 11.8 Å². The SMILES string of the molecule is CCNC(c1cc2cc(F)ccc2o1)C1CCSC1. The molecule has 0 radical (unpaired) electrons. The zero-order valence-corrected chi connectivity index (χ0v) is 11.8. The number of thioether (sulfide) groups is 1. The summed E-state index contributed by atoms with van der Waals surface area (Å²) in [7, 11) is 0. The summed E-state index contributed by atoms with van der Waals surface area (Å²) in [6.07, 6.45) is 1.22. The molecule has 2 atom stereocenters. The molecule has 1 aromatic heterocycles. The molecule has 0 bridgehead atoms. The molecular formula is C15H18FNOS. The minimum atomic E-state index is -0.212. The van der Waals surface area contributed by atoms with Crippen LogP contribution in [0.1, 0.15) is 25.1 Å². The zero-order valence-electron chi connectivity index (χ0n) is 11.0. The topological polar surface area (TPSA) is 25.2 Å². The molecular weight excluding hydrogens is 261 g/mol. The van der Waals surface area contributed by atoms with E-state index in [1.165, 1.54) is 30.1 Å². The fraction of sp³-hybridized carbons (Fsp3) is 0.467. The van der Waals surface area contributed by atoms with Crippen LogP contribution in [0.15, 0.2) is 28.7 Å². The summed E-state index contributed by atoms with van der Waals surface area (Å²) in [4.78, 5) is 0. The first-order valence-electron chi connectivity index (χ1n) is 6.78. The summed E-state index contributed by atoms with van der Waals surface area (Å²) in [6, 6.07) is 6.92. The number of rotatable bonds is 4. The Morgan fingerprint density at radius 1 is 1.47 bits per heavy atom. The third kappa shape index (κ3) is 2.65. The number of hydrogen-bond donors (Lipinski definition) is 1. The molecule has 2 nitrogen and oxygen atoms in total. The molecule has 4 heteroatoms. The quantitative estimate of drug-likeness (QED) is 0.916. The monoisotopic (exact) mass is 279 g/mol. The van der Waals surface area contributed by atoms with Crippen molar-refractivity contribution in [2.75, 3.05) is 18.1 Å². The lowest BCUT2D eigenvalue weighted by Crippen LogP contribution is -2.27. The van der Waals surface area contributed by atoms with Gasteiger partial charge in [-0.05, 0) is 54.7 Å². The second kappa shape index (κ2) is 5.55. The van der Waals surface area contributed by atoms with E-state index in [1.54, 1.807) is 6.07 Å². The molecule has 1 N–H and O–H groups in total. The fourth-order valence-corrected chi connectivity index (χ4v) is 4.02. The van der Waals surface area contributed by atoms with Gasteiger partial charge in [0.25, 0.3) is 0 Å². The van der Waals surface area contributed by atoms with E-state index in [-0.39, 0.29) is 11.9 Å². The summed E-state index contributed by atoms with van der Waals surface area (Å²) < 4.78 is 19.1. The Hall–Kier alpha value is -1.000. The third-order valence-corrected chi connectivity index (χ3v) is 4.85. The van der Waals surface area contributed by atoms with Crippen molar-refractivity contribution >= 4 is 22.7 Å². The van der Waals surface area contributed by atoms with Gasteiger partial charge in [0.05, 0.1) is 6.04 Å². The standard InChI is InChI=1S/C15H18FNOS/c1-2-17-15(10-5-6-19-9-10)14-8-11-7-12(16)3-4-13(11)18-14/h3-4,7-8,10,15,17H,2,5-6,9H2,1H3. The number of fused-ring (bicyclic) bond motifs is 1. The van der Waals surface area contributed by atoms with Crippen molar-refractivity contribution in [3.05, 3.63) is 35.8 Å². The van der Waals surface area contributed by atoms with Gasteiger partial charge in [0, 0.05) is 5.39 Å². The first-order valence-corrected chi connectivity index (χ1v) is 7.93. The largest absolute Gasteiger partial charge is 0.459 e. The number of benzene rings is 1. The van der Waals surface area contributed by atoms with Crippen LogP contribution in [0.3, 0.4) is 0 Å². The van der Waals surface area contributed by atoms with Crippen molar-refractivity contribution in [1.29, 1.82) is 0 Å². The molecule has 1 aliphatic rings. The van der Waals surface area contributed by atoms with Crippen molar-refractivity contribution in [3.8, 4) is 0 Å². The molecule has 1 aromatic carbocycles. The number of furan rings is 1. The van der Waals surface area contributed by atoms with E-state index < -0.39 is 0 Å². The highest BCUT2D eigenvalue weighted by Gasteiger charge is 2.28. The molecule has 0 saturated carbocycles. The average molecular weight is 279 g/mol. The van der Waals surface area contributed by atoms with Gasteiger partial charge >= 0.3 is 0 Å². The minimum absolute atomic E-state index is 0.212. The highest BCUT2D eigenvalue weighted by molar-refractivity contribution is 7.99. The van der Waals surface area contributed by atoms with Crippen LogP contribution in [0.4, 0.5) is 4.39 Å². The first kappa shape index (κ1) is 13.0. The van der Waals surface area contributed by atoms with E-state index in [1.807, 2.05) is 17.8 Å². The molecule has 1 fully saturated rings. The summed E-state index contributed by atoms with van der Waals surface area (Å²) >= 11 is 2.00. The minimum Gasteiger partial charge on any atom is -0.459 e. The number of hydrogen-bond acceptors (Lipinski definition) is 3. The molecule has 19 heavy (non-hydrogen) atoms. The Morgan fingerprint density at radius 3 is 3.11 bits per heavy atom. The smallest absolute Gasteiger partial charge is 0.134 e. The van der Waals surface area contributed by atoms with Crippen LogP contribution in [0.2, 0.25) is 0 Å². The predicted molar refractivity (Wildman–Crippen MR) is 78.0 cm³/mol. The summed E-state index contributed by atoms with van der Waals surface area (Å²) in [5.41, 5.74) is 0.768. The molecule has 1 aliphatic heterocycles. The molecule has 1 saturated heterocycles. The molecule has 0 spiro atoms. The lowest BCUT2D eigenvalue weighted by molar-refractivity contribution is 0.343. The Labute approximate surface area is 116 Å². The van der Waals surface area contributed by atoms with Crippen LogP contribution in [0.5, 0.6) is 0 Å². The molecule has 2 aromatic rings. The maximum Gasteiger partial charge on any atom is 0.134 e. The van der Waals surface area contributed by atoms with Crippen LogP contribution in [-0.2, 0) is 0 Å². The van der Waals surface area contributed by atoms with Crippen LogP contribution in [0.25, 0.3) is 11.0 Å². The maximum atomic E-state index is 13.2. The molecule has 2 unspecified atom stereocenters. The molecule has 0 amide bonds. The van der Waals surface area contributed by atoms with Gasteiger partial charge in [-0.1, -0.05) is 6.92 Å².